The molecule has 0 aromatic heterocycles. The van der Waals surface area contributed by atoms with Gasteiger partial charge < -0.3 is 24.3 Å². The predicted octanol–water partition coefficient (Wildman–Crippen LogP) is 7.13. The van der Waals surface area contributed by atoms with Crippen molar-refractivity contribution in [1.82, 2.24) is 4.90 Å². The largest absolute Gasteiger partial charge is 4.00 e. The Hall–Kier alpha value is -3.27. The molecule has 3 aliphatic rings. The van der Waals surface area contributed by atoms with E-state index in [0.29, 0.717) is 11.5 Å². The van der Waals surface area contributed by atoms with Crippen LogP contribution in [0.2, 0.25) is 0 Å². The van der Waals surface area contributed by atoms with Gasteiger partial charge in [0.2, 0.25) is 0 Å². The van der Waals surface area contributed by atoms with Crippen molar-refractivity contribution in [1.29, 1.82) is 0 Å². The molecule has 0 unspecified atom stereocenters. The van der Waals surface area contributed by atoms with Crippen molar-refractivity contribution in [3.63, 3.8) is 0 Å². The summed E-state index contributed by atoms with van der Waals surface area (Å²) in [5.41, 5.74) is 9.33. The first-order valence-corrected chi connectivity index (χ1v) is 12.6. The van der Waals surface area contributed by atoms with E-state index in [-0.39, 0.29) is 26.6 Å². The Morgan fingerprint density at radius 1 is 0.763 bits per heavy atom. The van der Waals surface area contributed by atoms with E-state index in [4.69, 9.17) is 4.74 Å². The number of para-hydroxylation sites is 2. The molecule has 0 bridgehead atoms. The van der Waals surface area contributed by atoms with Crippen LogP contribution >= 0.6 is 0 Å². The molecular formula is C32H28N4OPt. The molecule has 4 aromatic rings. The molecule has 0 saturated carbocycles. The minimum absolute atomic E-state index is 0. The van der Waals surface area contributed by atoms with Crippen molar-refractivity contribution in [3.8, 4) is 11.5 Å². The van der Waals surface area contributed by atoms with Gasteiger partial charge in [0.1, 0.15) is 0 Å². The van der Waals surface area contributed by atoms with Gasteiger partial charge in [-0.05, 0) is 57.6 Å². The van der Waals surface area contributed by atoms with Gasteiger partial charge >= 0.3 is 21.1 Å². The molecular weight excluding hydrogens is 651 g/mol. The van der Waals surface area contributed by atoms with Crippen LogP contribution in [-0.2, 0) is 33.0 Å². The number of benzene rings is 4. The third-order valence-electron chi connectivity index (χ3n) is 7.84. The smallest absolute Gasteiger partial charge is 0.509 e. The van der Waals surface area contributed by atoms with Crippen molar-refractivity contribution in [2.45, 2.75) is 25.8 Å². The monoisotopic (exact) mass is 679 g/mol. The van der Waals surface area contributed by atoms with Crippen LogP contribution in [0.15, 0.2) is 72.8 Å². The molecule has 6 heteroatoms. The SMILES string of the molecule is CN1[CH-]N2c3[c-]c(Oc4[c-]c(N5[CH-]N(C)C(C)(C)c6ccccc65)ccc4)ccc3Cc3cccc1c32.[Pt+4]. The second-order valence-corrected chi connectivity index (χ2v) is 10.4. The van der Waals surface area contributed by atoms with E-state index in [1.807, 2.05) is 18.2 Å². The fourth-order valence-corrected chi connectivity index (χ4v) is 5.58. The fourth-order valence-electron chi connectivity index (χ4n) is 5.58. The molecule has 5 nitrogen and oxygen atoms in total. The molecule has 0 fully saturated rings. The van der Waals surface area contributed by atoms with Crippen LogP contribution in [0.3, 0.4) is 0 Å². The first kappa shape index (κ1) is 25.0. The second-order valence-electron chi connectivity index (χ2n) is 10.4. The minimum atomic E-state index is -0.0988. The molecule has 0 aliphatic carbocycles. The first-order chi connectivity index (χ1) is 17.9. The van der Waals surface area contributed by atoms with E-state index in [2.05, 4.69) is 128 Å². The Bertz CT molecular complexity index is 1530. The van der Waals surface area contributed by atoms with Gasteiger partial charge in [-0.1, -0.05) is 36.0 Å². The minimum Gasteiger partial charge on any atom is -0.509 e. The molecule has 0 saturated heterocycles. The number of anilines is 5. The van der Waals surface area contributed by atoms with Crippen LogP contribution in [-0.4, -0.2) is 19.0 Å². The van der Waals surface area contributed by atoms with Crippen molar-refractivity contribution < 1.29 is 25.8 Å². The third-order valence-corrected chi connectivity index (χ3v) is 7.84. The van der Waals surface area contributed by atoms with E-state index in [0.717, 1.165) is 23.5 Å². The predicted molar refractivity (Wildman–Crippen MR) is 148 cm³/mol. The molecule has 0 radical (unpaired) electrons. The maximum Gasteiger partial charge on any atom is 4.00 e. The van der Waals surface area contributed by atoms with E-state index in [1.165, 1.54) is 28.1 Å². The molecule has 0 N–H and O–H groups in total. The van der Waals surface area contributed by atoms with Crippen LogP contribution in [0.1, 0.15) is 30.5 Å². The summed E-state index contributed by atoms with van der Waals surface area (Å²) in [6.45, 7) is 8.75. The average molecular weight is 680 g/mol. The number of fused-ring (bicyclic) bond motifs is 3. The van der Waals surface area contributed by atoms with Gasteiger partial charge in [0.15, 0.2) is 0 Å². The van der Waals surface area contributed by atoms with Gasteiger partial charge in [-0.15, -0.1) is 41.6 Å². The normalized spacial score (nSPS) is 16.9. The van der Waals surface area contributed by atoms with Gasteiger partial charge in [-0.3, -0.25) is 0 Å². The van der Waals surface area contributed by atoms with Crippen molar-refractivity contribution in [3.05, 3.63) is 115 Å². The number of hydrogen-bond acceptors (Lipinski definition) is 5. The standard InChI is InChI=1S/C32H28N4O.Pt/c1-32(2)27-12-5-6-13-28(27)35(21-34(32)4)24-10-8-11-25(18-24)37-26-16-15-22-17-23-9-7-14-29-31(23)36(20-33(29)3)30(22)19-26;/h5-16,20-21H,17H2,1-4H3;/q-4;+4. The van der Waals surface area contributed by atoms with E-state index < -0.39 is 0 Å². The molecule has 192 valence electrons. The fraction of sp³-hybridized carbons (Fsp3) is 0.188. The van der Waals surface area contributed by atoms with E-state index >= 15 is 0 Å². The van der Waals surface area contributed by atoms with Gasteiger partial charge in [0.25, 0.3) is 0 Å². The summed E-state index contributed by atoms with van der Waals surface area (Å²) in [5.74, 6) is 1.34. The van der Waals surface area contributed by atoms with Gasteiger partial charge in [0.05, 0.1) is 0 Å². The second kappa shape index (κ2) is 9.18. The van der Waals surface area contributed by atoms with Gasteiger partial charge in [0, 0.05) is 34.1 Å². The summed E-state index contributed by atoms with van der Waals surface area (Å²) in [5, 5.41) is 0. The summed E-state index contributed by atoms with van der Waals surface area (Å²) in [4.78, 5) is 8.81. The van der Waals surface area contributed by atoms with E-state index in [1.54, 1.807) is 0 Å². The number of rotatable bonds is 3. The van der Waals surface area contributed by atoms with Crippen LogP contribution < -0.4 is 19.4 Å². The first-order valence-electron chi connectivity index (χ1n) is 12.6. The van der Waals surface area contributed by atoms with Crippen molar-refractivity contribution in [2.24, 2.45) is 0 Å². The Labute approximate surface area is 239 Å². The molecule has 0 spiro atoms. The Balaban J connectivity index is 0.00000264. The van der Waals surface area contributed by atoms with Crippen LogP contribution in [0, 0.1) is 25.5 Å². The van der Waals surface area contributed by atoms with Crippen molar-refractivity contribution >= 4 is 28.4 Å². The van der Waals surface area contributed by atoms with Crippen LogP contribution in [0.5, 0.6) is 11.5 Å². The molecule has 3 heterocycles. The van der Waals surface area contributed by atoms with E-state index in [9.17, 15) is 0 Å². The number of nitrogens with zero attached hydrogens (tertiary/aromatic N) is 4. The van der Waals surface area contributed by atoms with Gasteiger partial charge in [-0.2, -0.15) is 25.5 Å². The Morgan fingerprint density at radius 3 is 2.39 bits per heavy atom. The zero-order valence-corrected chi connectivity index (χ0v) is 24.1. The maximum absolute atomic E-state index is 6.34. The van der Waals surface area contributed by atoms with Crippen LogP contribution in [0.4, 0.5) is 28.4 Å². The van der Waals surface area contributed by atoms with Crippen LogP contribution in [0.25, 0.3) is 0 Å². The zero-order chi connectivity index (χ0) is 25.3. The third kappa shape index (κ3) is 3.83. The summed E-state index contributed by atoms with van der Waals surface area (Å²) >= 11 is 0. The number of hydrogen-bond donors (Lipinski definition) is 0. The molecule has 0 amide bonds. The quantitative estimate of drug-likeness (QED) is 0.215. The number of ether oxygens (including phenoxy) is 1. The molecule has 4 aromatic carbocycles. The molecule has 3 aliphatic heterocycles. The summed E-state index contributed by atoms with van der Waals surface area (Å²) in [6, 6.07) is 32.3. The molecule has 7 rings (SSSR count). The molecule has 0 atom stereocenters. The van der Waals surface area contributed by atoms with Crippen molar-refractivity contribution in [2.75, 3.05) is 28.8 Å². The average Bonchev–Trinajstić information content (AvgIpc) is 3.25. The zero-order valence-electron chi connectivity index (χ0n) is 21.8. The molecule has 38 heavy (non-hydrogen) atoms. The summed E-state index contributed by atoms with van der Waals surface area (Å²) in [7, 11) is 4.20. The Morgan fingerprint density at radius 2 is 1.53 bits per heavy atom. The summed E-state index contributed by atoms with van der Waals surface area (Å²) < 4.78 is 6.34. The maximum atomic E-state index is 6.34. The summed E-state index contributed by atoms with van der Waals surface area (Å²) in [6.07, 6.45) is 0.892. The van der Waals surface area contributed by atoms with Gasteiger partial charge in [-0.25, -0.2) is 0 Å². The Kier molecular flexibility index (Phi) is 6.05. The topological polar surface area (TPSA) is 22.2 Å².